The second-order valence-electron chi connectivity index (χ2n) is 8.12. The van der Waals surface area contributed by atoms with Crippen LogP contribution in [0.5, 0.6) is 11.5 Å². The Labute approximate surface area is 168 Å². The standard InChI is InChI=1S/C24H32N2O2/c27-23-17-21(28-18-19-7-3-1-4-8-19)11-12-22(23)24(20-9-5-2-6-10-20)26-15-13-25-14-16-26/h1,3-4,7-8,11-12,17,20,24-25,27H,2,5-6,9-10,13-16,18H2/t24-/m1/s1. The number of rotatable bonds is 6. The van der Waals surface area contributed by atoms with Gasteiger partial charge in [0.1, 0.15) is 18.1 Å². The minimum absolute atomic E-state index is 0.311. The summed E-state index contributed by atoms with van der Waals surface area (Å²) in [5.41, 5.74) is 2.20. The molecule has 1 heterocycles. The van der Waals surface area contributed by atoms with Crippen LogP contribution in [0.1, 0.15) is 49.3 Å². The number of hydrogen-bond acceptors (Lipinski definition) is 4. The third-order valence-corrected chi connectivity index (χ3v) is 6.21. The Bertz CT molecular complexity index is 720. The molecule has 1 atom stereocenters. The molecule has 0 bridgehead atoms. The number of ether oxygens (including phenoxy) is 1. The van der Waals surface area contributed by atoms with Crippen molar-refractivity contribution in [2.75, 3.05) is 26.2 Å². The zero-order chi connectivity index (χ0) is 19.2. The first-order chi connectivity index (χ1) is 13.8. The van der Waals surface area contributed by atoms with E-state index in [0.29, 0.717) is 24.3 Å². The molecule has 0 amide bonds. The van der Waals surface area contributed by atoms with Crippen LogP contribution in [-0.4, -0.2) is 36.2 Å². The van der Waals surface area contributed by atoms with Crippen LogP contribution in [0.3, 0.4) is 0 Å². The van der Waals surface area contributed by atoms with Gasteiger partial charge < -0.3 is 15.2 Å². The van der Waals surface area contributed by atoms with Crippen LogP contribution in [0.2, 0.25) is 0 Å². The molecule has 2 aliphatic rings. The normalized spacial score (nSPS) is 20.0. The molecule has 2 N–H and O–H groups in total. The Morgan fingerprint density at radius 3 is 2.46 bits per heavy atom. The maximum Gasteiger partial charge on any atom is 0.124 e. The highest BCUT2D eigenvalue weighted by Gasteiger charge is 2.32. The summed E-state index contributed by atoms with van der Waals surface area (Å²) in [7, 11) is 0. The predicted molar refractivity (Wildman–Crippen MR) is 113 cm³/mol. The van der Waals surface area contributed by atoms with Crippen molar-refractivity contribution in [3.8, 4) is 11.5 Å². The lowest BCUT2D eigenvalue weighted by molar-refractivity contribution is 0.101. The van der Waals surface area contributed by atoms with Gasteiger partial charge in [-0.15, -0.1) is 0 Å². The highest BCUT2D eigenvalue weighted by Crippen LogP contribution is 2.42. The molecule has 0 aromatic heterocycles. The van der Waals surface area contributed by atoms with Gasteiger partial charge in [-0.2, -0.15) is 0 Å². The molecule has 2 aromatic rings. The lowest BCUT2D eigenvalue weighted by Crippen LogP contribution is -2.47. The number of nitrogens with zero attached hydrogens (tertiary/aromatic N) is 1. The van der Waals surface area contributed by atoms with Crippen LogP contribution in [-0.2, 0) is 6.61 Å². The van der Waals surface area contributed by atoms with Crippen molar-refractivity contribution < 1.29 is 9.84 Å². The minimum Gasteiger partial charge on any atom is -0.507 e. The molecule has 0 unspecified atom stereocenters. The van der Waals surface area contributed by atoms with Crippen LogP contribution in [0.25, 0.3) is 0 Å². The first kappa shape index (κ1) is 19.3. The van der Waals surface area contributed by atoms with Gasteiger partial charge in [-0.05, 0) is 30.4 Å². The van der Waals surface area contributed by atoms with Gasteiger partial charge in [0.15, 0.2) is 0 Å². The van der Waals surface area contributed by atoms with Crippen molar-refractivity contribution in [1.82, 2.24) is 10.2 Å². The smallest absolute Gasteiger partial charge is 0.124 e. The number of hydrogen-bond donors (Lipinski definition) is 2. The van der Waals surface area contributed by atoms with Crippen LogP contribution < -0.4 is 10.1 Å². The van der Waals surface area contributed by atoms with E-state index in [0.717, 1.165) is 43.1 Å². The maximum absolute atomic E-state index is 10.9. The molecule has 28 heavy (non-hydrogen) atoms. The Morgan fingerprint density at radius 1 is 1.00 bits per heavy atom. The van der Waals surface area contributed by atoms with E-state index in [4.69, 9.17) is 4.74 Å². The fraction of sp³-hybridized carbons (Fsp3) is 0.500. The van der Waals surface area contributed by atoms with Gasteiger partial charge in [0.2, 0.25) is 0 Å². The van der Waals surface area contributed by atoms with Crippen LogP contribution in [0, 0.1) is 5.92 Å². The third kappa shape index (κ3) is 4.68. The van der Waals surface area contributed by atoms with E-state index >= 15 is 0 Å². The topological polar surface area (TPSA) is 44.7 Å². The van der Waals surface area contributed by atoms with Gasteiger partial charge in [-0.25, -0.2) is 0 Å². The summed E-state index contributed by atoms with van der Waals surface area (Å²) in [6, 6.07) is 16.4. The molecule has 150 valence electrons. The van der Waals surface area contributed by atoms with Gasteiger partial charge in [0.05, 0.1) is 0 Å². The molecular formula is C24H32N2O2. The van der Waals surface area contributed by atoms with E-state index in [1.165, 1.54) is 32.1 Å². The molecule has 0 spiro atoms. The number of piperazine rings is 1. The van der Waals surface area contributed by atoms with Gasteiger partial charge in [-0.3, -0.25) is 4.90 Å². The molecule has 4 heteroatoms. The zero-order valence-corrected chi connectivity index (χ0v) is 16.6. The highest BCUT2D eigenvalue weighted by molar-refractivity contribution is 5.42. The van der Waals surface area contributed by atoms with E-state index in [2.05, 4.69) is 28.4 Å². The highest BCUT2D eigenvalue weighted by atomic mass is 16.5. The molecule has 2 fully saturated rings. The molecule has 1 aliphatic carbocycles. The quantitative estimate of drug-likeness (QED) is 0.775. The predicted octanol–water partition coefficient (Wildman–Crippen LogP) is 4.50. The van der Waals surface area contributed by atoms with Crippen LogP contribution >= 0.6 is 0 Å². The molecule has 4 rings (SSSR count). The van der Waals surface area contributed by atoms with Crippen molar-refractivity contribution >= 4 is 0 Å². The van der Waals surface area contributed by atoms with Crippen molar-refractivity contribution in [2.24, 2.45) is 5.92 Å². The average Bonchev–Trinajstić information content (AvgIpc) is 2.76. The molecule has 4 nitrogen and oxygen atoms in total. The number of phenolic OH excluding ortho intramolecular Hbond substituents is 1. The molecular weight excluding hydrogens is 348 g/mol. The number of phenols is 1. The summed E-state index contributed by atoms with van der Waals surface area (Å²) in [6.07, 6.45) is 6.50. The van der Waals surface area contributed by atoms with E-state index in [1.54, 1.807) is 6.07 Å². The summed E-state index contributed by atoms with van der Waals surface area (Å²) < 4.78 is 5.91. The molecule has 1 saturated carbocycles. The number of nitrogens with one attached hydrogen (secondary N) is 1. The van der Waals surface area contributed by atoms with E-state index in [1.807, 2.05) is 24.3 Å². The molecule has 2 aromatic carbocycles. The molecule has 1 saturated heterocycles. The first-order valence-corrected chi connectivity index (χ1v) is 10.8. The zero-order valence-electron chi connectivity index (χ0n) is 16.6. The van der Waals surface area contributed by atoms with Gasteiger partial charge in [0.25, 0.3) is 0 Å². The summed E-state index contributed by atoms with van der Waals surface area (Å²) >= 11 is 0. The first-order valence-electron chi connectivity index (χ1n) is 10.8. The SMILES string of the molecule is Oc1cc(OCc2ccccc2)ccc1[C@@H](C1CCCCC1)N1CCNCC1. The fourth-order valence-corrected chi connectivity index (χ4v) is 4.76. The van der Waals surface area contributed by atoms with Crippen molar-refractivity contribution in [3.63, 3.8) is 0 Å². The van der Waals surface area contributed by atoms with Crippen molar-refractivity contribution in [3.05, 3.63) is 59.7 Å². The summed E-state index contributed by atoms with van der Waals surface area (Å²) in [5.74, 6) is 1.74. The molecule has 0 radical (unpaired) electrons. The average molecular weight is 381 g/mol. The monoisotopic (exact) mass is 380 g/mol. The third-order valence-electron chi connectivity index (χ3n) is 6.21. The lowest BCUT2D eigenvalue weighted by Gasteiger charge is -2.41. The maximum atomic E-state index is 10.9. The summed E-state index contributed by atoms with van der Waals surface area (Å²) in [4.78, 5) is 2.58. The second-order valence-corrected chi connectivity index (χ2v) is 8.12. The van der Waals surface area contributed by atoms with Gasteiger partial charge in [0, 0.05) is 43.9 Å². The Morgan fingerprint density at radius 2 is 1.75 bits per heavy atom. The fourth-order valence-electron chi connectivity index (χ4n) is 4.76. The van der Waals surface area contributed by atoms with Crippen molar-refractivity contribution in [1.29, 1.82) is 0 Å². The Hall–Kier alpha value is -2.04. The lowest BCUT2D eigenvalue weighted by atomic mass is 9.80. The minimum atomic E-state index is 0.311. The summed E-state index contributed by atoms with van der Waals surface area (Å²) in [6.45, 7) is 4.67. The molecule has 1 aliphatic heterocycles. The van der Waals surface area contributed by atoms with Gasteiger partial charge in [-0.1, -0.05) is 55.7 Å². The summed E-state index contributed by atoms with van der Waals surface area (Å²) in [5, 5.41) is 14.4. The van der Waals surface area contributed by atoms with Crippen molar-refractivity contribution in [2.45, 2.75) is 44.8 Å². The van der Waals surface area contributed by atoms with E-state index in [9.17, 15) is 5.11 Å². The van der Waals surface area contributed by atoms with E-state index < -0.39 is 0 Å². The Kier molecular flexibility index (Phi) is 6.50. The van der Waals surface area contributed by atoms with Crippen LogP contribution in [0.4, 0.5) is 0 Å². The van der Waals surface area contributed by atoms with Crippen LogP contribution in [0.15, 0.2) is 48.5 Å². The van der Waals surface area contributed by atoms with Gasteiger partial charge >= 0.3 is 0 Å². The largest absolute Gasteiger partial charge is 0.507 e. The second kappa shape index (κ2) is 9.44. The Balaban J connectivity index is 1.52. The number of aromatic hydroxyl groups is 1. The number of benzene rings is 2. The van der Waals surface area contributed by atoms with E-state index in [-0.39, 0.29) is 0 Å².